The molecule has 2 N–H and O–H groups in total. The molecular formula is C15H20N2O2. The Morgan fingerprint density at radius 1 is 1.16 bits per heavy atom. The van der Waals surface area contributed by atoms with Crippen LogP contribution in [0.1, 0.15) is 32.6 Å². The summed E-state index contributed by atoms with van der Waals surface area (Å²) in [5, 5.41) is 5.66. The molecule has 1 aromatic carbocycles. The topological polar surface area (TPSA) is 58.2 Å². The van der Waals surface area contributed by atoms with E-state index < -0.39 is 6.04 Å². The second kappa shape index (κ2) is 6.36. The van der Waals surface area contributed by atoms with Gasteiger partial charge >= 0.3 is 0 Å². The zero-order chi connectivity index (χ0) is 13.7. The van der Waals surface area contributed by atoms with Crippen molar-refractivity contribution in [2.75, 3.05) is 5.32 Å². The van der Waals surface area contributed by atoms with E-state index in [1.807, 2.05) is 30.3 Å². The first-order valence-corrected chi connectivity index (χ1v) is 6.80. The first-order chi connectivity index (χ1) is 9.16. The van der Waals surface area contributed by atoms with Crippen molar-refractivity contribution in [2.45, 2.75) is 38.6 Å². The maximum absolute atomic E-state index is 12.3. The number of benzene rings is 1. The maximum atomic E-state index is 12.3. The minimum Gasteiger partial charge on any atom is -0.344 e. The number of rotatable bonds is 4. The fourth-order valence-electron chi connectivity index (χ4n) is 2.65. The normalized spacial score (nSPS) is 16.9. The number of nitrogens with one attached hydrogen (secondary N) is 2. The van der Waals surface area contributed by atoms with Crippen molar-refractivity contribution in [3.05, 3.63) is 30.3 Å². The molecule has 2 rings (SSSR count). The summed E-state index contributed by atoms with van der Waals surface area (Å²) >= 11 is 0. The highest BCUT2D eigenvalue weighted by Gasteiger charge is 2.31. The highest BCUT2D eigenvalue weighted by Crippen LogP contribution is 2.28. The third kappa shape index (κ3) is 3.81. The summed E-state index contributed by atoms with van der Waals surface area (Å²) in [4.78, 5) is 23.6. The van der Waals surface area contributed by atoms with Crippen LogP contribution in [0.2, 0.25) is 0 Å². The molecule has 0 aromatic heterocycles. The van der Waals surface area contributed by atoms with Crippen molar-refractivity contribution in [2.24, 2.45) is 5.92 Å². The summed E-state index contributed by atoms with van der Waals surface area (Å²) in [6.45, 7) is 1.46. The molecule has 0 bridgehead atoms. The van der Waals surface area contributed by atoms with Crippen LogP contribution in [0.3, 0.4) is 0 Å². The van der Waals surface area contributed by atoms with E-state index in [9.17, 15) is 9.59 Å². The van der Waals surface area contributed by atoms with Gasteiger partial charge in [-0.1, -0.05) is 31.0 Å². The van der Waals surface area contributed by atoms with Gasteiger partial charge in [0.2, 0.25) is 11.8 Å². The van der Waals surface area contributed by atoms with E-state index in [-0.39, 0.29) is 17.7 Å². The van der Waals surface area contributed by atoms with Crippen molar-refractivity contribution >= 4 is 17.5 Å². The molecule has 19 heavy (non-hydrogen) atoms. The predicted molar refractivity (Wildman–Crippen MR) is 74.6 cm³/mol. The van der Waals surface area contributed by atoms with Gasteiger partial charge in [-0.05, 0) is 30.9 Å². The molecule has 0 spiro atoms. The van der Waals surface area contributed by atoms with Gasteiger partial charge in [0.1, 0.15) is 6.04 Å². The highest BCUT2D eigenvalue weighted by molar-refractivity contribution is 5.97. The number of carbonyl (C=O) groups excluding carboxylic acids is 2. The van der Waals surface area contributed by atoms with Crippen LogP contribution in [0.25, 0.3) is 0 Å². The Kier molecular flexibility index (Phi) is 4.55. The fraction of sp³-hybridized carbons (Fsp3) is 0.467. The third-order valence-corrected chi connectivity index (χ3v) is 3.55. The van der Waals surface area contributed by atoms with Gasteiger partial charge in [-0.2, -0.15) is 0 Å². The molecule has 1 aromatic rings. The van der Waals surface area contributed by atoms with Crippen LogP contribution in [0.15, 0.2) is 30.3 Å². The van der Waals surface area contributed by atoms with Crippen molar-refractivity contribution in [1.82, 2.24) is 5.32 Å². The van der Waals surface area contributed by atoms with Gasteiger partial charge in [0.05, 0.1) is 0 Å². The Bertz CT molecular complexity index is 439. The van der Waals surface area contributed by atoms with Crippen LogP contribution in [0.4, 0.5) is 5.69 Å². The summed E-state index contributed by atoms with van der Waals surface area (Å²) in [5.41, 5.74) is 0.765. The lowest BCUT2D eigenvalue weighted by atomic mass is 9.97. The number of carbonyl (C=O) groups is 2. The summed E-state index contributed by atoms with van der Waals surface area (Å²) in [6, 6.07) is 8.92. The average Bonchev–Trinajstić information content (AvgIpc) is 2.90. The molecule has 102 valence electrons. The molecule has 1 unspecified atom stereocenters. The van der Waals surface area contributed by atoms with E-state index in [1.54, 1.807) is 0 Å². The minimum atomic E-state index is -0.416. The van der Waals surface area contributed by atoms with Crippen LogP contribution in [-0.4, -0.2) is 17.9 Å². The summed E-state index contributed by atoms with van der Waals surface area (Å²) in [5.74, 6) is -0.0129. The molecular weight excluding hydrogens is 240 g/mol. The second-order valence-electron chi connectivity index (χ2n) is 5.08. The summed E-state index contributed by atoms with van der Waals surface area (Å²) < 4.78 is 0. The van der Waals surface area contributed by atoms with E-state index in [0.29, 0.717) is 0 Å². The number of para-hydroxylation sites is 1. The Morgan fingerprint density at radius 3 is 2.37 bits per heavy atom. The minimum absolute atomic E-state index is 0.117. The zero-order valence-corrected chi connectivity index (χ0v) is 11.2. The summed E-state index contributed by atoms with van der Waals surface area (Å²) in [6.07, 6.45) is 4.29. The van der Waals surface area contributed by atoms with Gasteiger partial charge in [0.15, 0.2) is 0 Å². The molecule has 4 nitrogen and oxygen atoms in total. The molecule has 1 aliphatic carbocycles. The van der Waals surface area contributed by atoms with Gasteiger partial charge in [0, 0.05) is 12.6 Å². The monoisotopic (exact) mass is 260 g/mol. The van der Waals surface area contributed by atoms with E-state index in [0.717, 1.165) is 31.4 Å². The Labute approximate surface area is 113 Å². The molecule has 0 heterocycles. The first-order valence-electron chi connectivity index (χ1n) is 6.80. The van der Waals surface area contributed by atoms with Gasteiger partial charge < -0.3 is 10.6 Å². The SMILES string of the molecule is CC(=O)NC(C(=O)Nc1ccccc1)C1CCCC1. The van der Waals surface area contributed by atoms with Crippen LogP contribution in [0.5, 0.6) is 0 Å². The largest absolute Gasteiger partial charge is 0.344 e. The zero-order valence-electron chi connectivity index (χ0n) is 11.2. The molecule has 4 heteroatoms. The average molecular weight is 260 g/mol. The molecule has 2 amide bonds. The van der Waals surface area contributed by atoms with E-state index in [1.165, 1.54) is 6.92 Å². The maximum Gasteiger partial charge on any atom is 0.247 e. The van der Waals surface area contributed by atoms with Gasteiger partial charge in [-0.15, -0.1) is 0 Å². The standard InChI is InChI=1S/C15H20N2O2/c1-11(18)16-14(12-7-5-6-8-12)15(19)17-13-9-3-2-4-10-13/h2-4,9-10,12,14H,5-8H2,1H3,(H,16,18)(H,17,19). The Morgan fingerprint density at radius 2 is 1.79 bits per heavy atom. The van der Waals surface area contributed by atoms with Gasteiger partial charge in [0.25, 0.3) is 0 Å². The van der Waals surface area contributed by atoms with Crippen LogP contribution in [0, 0.1) is 5.92 Å². The van der Waals surface area contributed by atoms with Gasteiger partial charge in [-0.25, -0.2) is 0 Å². The molecule has 1 saturated carbocycles. The van der Waals surface area contributed by atoms with E-state index in [2.05, 4.69) is 10.6 Å². The van der Waals surface area contributed by atoms with Crippen LogP contribution >= 0.6 is 0 Å². The molecule has 0 radical (unpaired) electrons. The molecule has 0 saturated heterocycles. The lowest BCUT2D eigenvalue weighted by Crippen LogP contribution is -2.47. The lowest BCUT2D eigenvalue weighted by molar-refractivity contribution is -0.126. The Hall–Kier alpha value is -1.84. The molecule has 1 atom stereocenters. The highest BCUT2D eigenvalue weighted by atomic mass is 16.2. The van der Waals surface area contributed by atoms with Crippen LogP contribution < -0.4 is 10.6 Å². The van der Waals surface area contributed by atoms with Crippen LogP contribution in [-0.2, 0) is 9.59 Å². The lowest BCUT2D eigenvalue weighted by Gasteiger charge is -2.23. The van der Waals surface area contributed by atoms with Crippen molar-refractivity contribution in [3.63, 3.8) is 0 Å². The Balaban J connectivity index is 2.04. The van der Waals surface area contributed by atoms with Gasteiger partial charge in [-0.3, -0.25) is 9.59 Å². The summed E-state index contributed by atoms with van der Waals surface area (Å²) in [7, 11) is 0. The van der Waals surface area contributed by atoms with E-state index >= 15 is 0 Å². The molecule has 0 aliphatic heterocycles. The smallest absolute Gasteiger partial charge is 0.247 e. The third-order valence-electron chi connectivity index (χ3n) is 3.55. The number of hydrogen-bond acceptors (Lipinski definition) is 2. The molecule has 1 aliphatic rings. The van der Waals surface area contributed by atoms with Crippen molar-refractivity contribution in [3.8, 4) is 0 Å². The van der Waals surface area contributed by atoms with E-state index in [4.69, 9.17) is 0 Å². The van der Waals surface area contributed by atoms with Crippen molar-refractivity contribution in [1.29, 1.82) is 0 Å². The predicted octanol–water partition coefficient (Wildman–Crippen LogP) is 2.32. The number of anilines is 1. The fourth-order valence-corrected chi connectivity index (χ4v) is 2.65. The quantitative estimate of drug-likeness (QED) is 0.873. The molecule has 1 fully saturated rings. The second-order valence-corrected chi connectivity index (χ2v) is 5.08. The van der Waals surface area contributed by atoms with Crippen molar-refractivity contribution < 1.29 is 9.59 Å². The number of hydrogen-bond donors (Lipinski definition) is 2. The number of amides is 2. The first kappa shape index (κ1) is 13.6.